The van der Waals surface area contributed by atoms with Gasteiger partial charge in [-0.15, -0.1) is 0 Å². The maximum absolute atomic E-state index is 11.1. The standard InChI is InChI=1S/C12H16O5/c1-4-11(13)16-7-10-9(5-15-10)6-17-12(14)8(2)3/h4,9-10H,1-2,5-7H2,3H3. The summed E-state index contributed by atoms with van der Waals surface area (Å²) in [6, 6.07) is 0. The second-order valence-corrected chi connectivity index (χ2v) is 3.84. The number of hydrogen-bond donors (Lipinski definition) is 0. The van der Waals surface area contributed by atoms with Crippen LogP contribution in [0.4, 0.5) is 0 Å². The fourth-order valence-electron chi connectivity index (χ4n) is 1.24. The first-order valence-electron chi connectivity index (χ1n) is 5.28. The Morgan fingerprint density at radius 3 is 2.59 bits per heavy atom. The fourth-order valence-corrected chi connectivity index (χ4v) is 1.24. The lowest BCUT2D eigenvalue weighted by molar-refractivity contribution is -0.178. The van der Waals surface area contributed by atoms with Crippen molar-refractivity contribution in [1.82, 2.24) is 0 Å². The van der Waals surface area contributed by atoms with Gasteiger partial charge in [0, 0.05) is 17.6 Å². The summed E-state index contributed by atoms with van der Waals surface area (Å²) in [5, 5.41) is 0. The van der Waals surface area contributed by atoms with Crippen molar-refractivity contribution in [2.45, 2.75) is 13.0 Å². The molecule has 2 atom stereocenters. The van der Waals surface area contributed by atoms with Crippen LogP contribution in [0.3, 0.4) is 0 Å². The molecule has 1 heterocycles. The molecule has 0 N–H and O–H groups in total. The minimum atomic E-state index is -0.488. The van der Waals surface area contributed by atoms with Crippen molar-refractivity contribution >= 4 is 11.9 Å². The van der Waals surface area contributed by atoms with Crippen molar-refractivity contribution in [2.75, 3.05) is 19.8 Å². The van der Waals surface area contributed by atoms with E-state index in [0.29, 0.717) is 12.2 Å². The molecule has 0 aromatic rings. The van der Waals surface area contributed by atoms with Gasteiger partial charge in [0.05, 0.1) is 19.3 Å². The third-order valence-electron chi connectivity index (χ3n) is 2.38. The molecule has 0 aromatic heterocycles. The van der Waals surface area contributed by atoms with Gasteiger partial charge < -0.3 is 14.2 Å². The third-order valence-corrected chi connectivity index (χ3v) is 2.38. The largest absolute Gasteiger partial charge is 0.462 e. The van der Waals surface area contributed by atoms with Crippen LogP contribution in [-0.2, 0) is 23.8 Å². The molecule has 1 fully saturated rings. The van der Waals surface area contributed by atoms with Gasteiger partial charge in [0.15, 0.2) is 0 Å². The van der Waals surface area contributed by atoms with Gasteiger partial charge in [-0.05, 0) is 6.92 Å². The molecule has 0 spiro atoms. The maximum atomic E-state index is 11.1. The molecule has 1 aliphatic rings. The minimum absolute atomic E-state index is 0.0657. The lowest BCUT2D eigenvalue weighted by Gasteiger charge is -2.35. The van der Waals surface area contributed by atoms with Crippen LogP contribution in [0.1, 0.15) is 6.92 Å². The van der Waals surface area contributed by atoms with Crippen LogP contribution >= 0.6 is 0 Å². The molecule has 0 amide bonds. The summed E-state index contributed by atoms with van der Waals surface area (Å²) in [7, 11) is 0. The van der Waals surface area contributed by atoms with Gasteiger partial charge in [-0.3, -0.25) is 0 Å². The van der Waals surface area contributed by atoms with Gasteiger partial charge >= 0.3 is 11.9 Å². The zero-order chi connectivity index (χ0) is 12.8. The highest BCUT2D eigenvalue weighted by molar-refractivity contribution is 5.86. The first kappa shape index (κ1) is 13.4. The molecule has 0 bridgehead atoms. The van der Waals surface area contributed by atoms with E-state index in [0.717, 1.165) is 6.08 Å². The fraction of sp³-hybridized carbons (Fsp3) is 0.500. The molecule has 0 aromatic carbocycles. The number of hydrogen-bond acceptors (Lipinski definition) is 5. The van der Waals surface area contributed by atoms with Gasteiger partial charge in [-0.25, -0.2) is 9.59 Å². The van der Waals surface area contributed by atoms with E-state index in [4.69, 9.17) is 14.2 Å². The molecule has 2 unspecified atom stereocenters. The van der Waals surface area contributed by atoms with Gasteiger partial charge in [-0.1, -0.05) is 13.2 Å². The second-order valence-electron chi connectivity index (χ2n) is 3.84. The highest BCUT2D eigenvalue weighted by Crippen LogP contribution is 2.21. The Morgan fingerprint density at radius 2 is 2.12 bits per heavy atom. The number of carbonyl (C=O) groups is 2. The number of rotatable bonds is 6. The predicted molar refractivity (Wildman–Crippen MR) is 60.2 cm³/mol. The summed E-state index contributed by atoms with van der Waals surface area (Å²) in [5.74, 6) is -0.840. The predicted octanol–water partition coefficient (Wildman–Crippen LogP) is 0.850. The number of carbonyl (C=O) groups excluding carboxylic acids is 2. The zero-order valence-electron chi connectivity index (χ0n) is 9.81. The average Bonchev–Trinajstić information content (AvgIpc) is 2.27. The number of ether oxygens (including phenoxy) is 3. The smallest absolute Gasteiger partial charge is 0.333 e. The Labute approximate surface area is 100 Å². The Morgan fingerprint density at radius 1 is 1.41 bits per heavy atom. The highest BCUT2D eigenvalue weighted by Gasteiger charge is 2.34. The first-order chi connectivity index (χ1) is 8.04. The van der Waals surface area contributed by atoms with E-state index in [1.807, 2.05) is 0 Å². The monoisotopic (exact) mass is 240 g/mol. The minimum Gasteiger partial charge on any atom is -0.462 e. The summed E-state index contributed by atoms with van der Waals surface area (Å²) in [4.78, 5) is 22.0. The topological polar surface area (TPSA) is 61.8 Å². The second kappa shape index (κ2) is 6.20. The Balaban J connectivity index is 2.22. The van der Waals surface area contributed by atoms with Gasteiger partial charge in [0.25, 0.3) is 0 Å². The Bertz CT molecular complexity index is 334. The van der Waals surface area contributed by atoms with Crippen LogP contribution < -0.4 is 0 Å². The molecule has 1 rings (SSSR count). The lowest BCUT2D eigenvalue weighted by atomic mass is 10.00. The molecule has 94 valence electrons. The summed E-state index contributed by atoms with van der Waals surface area (Å²) in [6.45, 7) is 9.26. The molecule has 5 nitrogen and oxygen atoms in total. The van der Waals surface area contributed by atoms with Crippen LogP contribution in [0.5, 0.6) is 0 Å². The van der Waals surface area contributed by atoms with Gasteiger partial charge in [0.2, 0.25) is 0 Å². The summed E-state index contributed by atoms with van der Waals surface area (Å²) >= 11 is 0. The van der Waals surface area contributed by atoms with E-state index >= 15 is 0 Å². The molecule has 0 radical (unpaired) electrons. The van der Waals surface area contributed by atoms with Crippen molar-refractivity contribution in [2.24, 2.45) is 5.92 Å². The molecular formula is C12H16O5. The molecular weight excluding hydrogens is 224 g/mol. The van der Waals surface area contributed by atoms with Crippen LogP contribution in [0.2, 0.25) is 0 Å². The molecule has 0 saturated carbocycles. The first-order valence-corrected chi connectivity index (χ1v) is 5.28. The van der Waals surface area contributed by atoms with Crippen LogP contribution in [0.15, 0.2) is 24.8 Å². The molecule has 0 aliphatic carbocycles. The van der Waals surface area contributed by atoms with Crippen molar-refractivity contribution in [3.8, 4) is 0 Å². The Kier molecular flexibility index (Phi) is 4.90. The number of esters is 2. The van der Waals surface area contributed by atoms with E-state index in [1.165, 1.54) is 0 Å². The lowest BCUT2D eigenvalue weighted by Crippen LogP contribution is -2.46. The summed E-state index contributed by atoms with van der Waals surface area (Å²) in [6.07, 6.45) is 0.881. The molecule has 1 aliphatic heterocycles. The van der Waals surface area contributed by atoms with E-state index in [1.54, 1.807) is 6.92 Å². The van der Waals surface area contributed by atoms with Gasteiger partial charge in [-0.2, -0.15) is 0 Å². The quantitative estimate of drug-likeness (QED) is 0.509. The molecule has 1 saturated heterocycles. The van der Waals surface area contributed by atoms with Crippen LogP contribution in [0, 0.1) is 5.92 Å². The highest BCUT2D eigenvalue weighted by atomic mass is 16.6. The van der Waals surface area contributed by atoms with Crippen molar-refractivity contribution in [3.63, 3.8) is 0 Å². The van der Waals surface area contributed by atoms with E-state index < -0.39 is 11.9 Å². The van der Waals surface area contributed by atoms with E-state index in [2.05, 4.69) is 13.2 Å². The van der Waals surface area contributed by atoms with Crippen molar-refractivity contribution in [3.05, 3.63) is 24.8 Å². The maximum Gasteiger partial charge on any atom is 0.333 e. The van der Waals surface area contributed by atoms with Crippen molar-refractivity contribution in [1.29, 1.82) is 0 Å². The summed E-state index contributed by atoms with van der Waals surface area (Å²) in [5.41, 5.74) is 0.361. The molecule has 5 heteroatoms. The third kappa shape index (κ3) is 4.03. The molecule has 17 heavy (non-hydrogen) atoms. The Hall–Kier alpha value is -1.62. The zero-order valence-corrected chi connectivity index (χ0v) is 9.81. The van der Waals surface area contributed by atoms with Crippen molar-refractivity contribution < 1.29 is 23.8 Å². The van der Waals surface area contributed by atoms with Crippen LogP contribution in [0.25, 0.3) is 0 Å². The van der Waals surface area contributed by atoms with E-state index in [-0.39, 0.29) is 25.2 Å². The van der Waals surface area contributed by atoms with Crippen LogP contribution in [-0.4, -0.2) is 37.9 Å². The normalized spacial score (nSPS) is 22.2. The summed E-state index contributed by atoms with van der Waals surface area (Å²) < 4.78 is 15.0. The SMILES string of the molecule is C=CC(=O)OCC1OCC1COC(=O)C(=C)C. The van der Waals surface area contributed by atoms with Gasteiger partial charge in [0.1, 0.15) is 6.61 Å². The van der Waals surface area contributed by atoms with E-state index in [9.17, 15) is 9.59 Å². The average molecular weight is 240 g/mol.